The molecule has 0 spiro atoms. The minimum absolute atomic E-state index is 0.101. The molecule has 0 saturated heterocycles. The van der Waals surface area contributed by atoms with E-state index in [1.807, 2.05) is 36.4 Å². The van der Waals surface area contributed by atoms with E-state index in [-0.39, 0.29) is 10.8 Å². The Bertz CT molecular complexity index is 2770. The average Bonchev–Trinajstić information content (AvgIpc) is 3.70. The maximum atomic E-state index is 7.56. The molecule has 0 radical (unpaired) electrons. The van der Waals surface area contributed by atoms with E-state index in [4.69, 9.17) is 11.0 Å². The molecule has 8 aromatic rings. The number of nitrogens with zero attached hydrogens (tertiary/aromatic N) is 2. The molecule has 0 aliphatic heterocycles. The van der Waals surface area contributed by atoms with Crippen LogP contribution in [0.15, 0.2) is 138 Å². The van der Waals surface area contributed by atoms with Gasteiger partial charge in [-0.25, -0.2) is 4.85 Å². The van der Waals surface area contributed by atoms with Crippen LogP contribution in [-0.2, 0) is 10.8 Å². The van der Waals surface area contributed by atoms with Crippen LogP contribution >= 0.6 is 0 Å². The zero-order valence-corrected chi connectivity index (χ0v) is 28.5. The molecule has 0 N–H and O–H groups in total. The Kier molecular flexibility index (Phi) is 5.75. The third kappa shape index (κ3) is 3.85. The van der Waals surface area contributed by atoms with Gasteiger partial charge in [-0.15, -0.1) is 0 Å². The summed E-state index contributed by atoms with van der Waals surface area (Å²) in [6.45, 7) is 17.0. The van der Waals surface area contributed by atoms with Gasteiger partial charge >= 0.3 is 0 Å². The summed E-state index contributed by atoms with van der Waals surface area (Å²) in [5.74, 6) is 0. The molecule has 0 atom stereocenters. The predicted molar refractivity (Wildman–Crippen MR) is 207 cm³/mol. The van der Waals surface area contributed by atoms with Gasteiger partial charge in [0.1, 0.15) is 5.58 Å². The van der Waals surface area contributed by atoms with Crippen LogP contribution < -0.4 is 4.90 Å². The lowest BCUT2D eigenvalue weighted by Crippen LogP contribution is -2.17. The average molecular weight is 643 g/mol. The quantitative estimate of drug-likeness (QED) is 0.179. The fraction of sp³-hybridized carbons (Fsp3) is 0.128. The van der Waals surface area contributed by atoms with Crippen LogP contribution in [0.5, 0.6) is 0 Å². The summed E-state index contributed by atoms with van der Waals surface area (Å²) >= 11 is 0. The first-order valence-electron chi connectivity index (χ1n) is 17.3. The van der Waals surface area contributed by atoms with Crippen LogP contribution in [-0.4, -0.2) is 0 Å². The Hall–Kier alpha value is -6.11. The topological polar surface area (TPSA) is 20.7 Å². The van der Waals surface area contributed by atoms with Crippen molar-refractivity contribution < 1.29 is 4.42 Å². The lowest BCUT2D eigenvalue weighted by Gasteiger charge is -2.28. The zero-order valence-electron chi connectivity index (χ0n) is 28.5. The van der Waals surface area contributed by atoms with Crippen molar-refractivity contribution in [3.8, 4) is 22.3 Å². The van der Waals surface area contributed by atoms with Gasteiger partial charge in [0.2, 0.25) is 0 Å². The van der Waals surface area contributed by atoms with Crippen LogP contribution in [0.25, 0.3) is 59.8 Å². The largest absolute Gasteiger partial charge is 0.454 e. The Morgan fingerprint density at radius 2 is 1.10 bits per heavy atom. The van der Waals surface area contributed by atoms with Gasteiger partial charge in [-0.3, -0.25) is 0 Å². The third-order valence-electron chi connectivity index (χ3n) is 11.4. The normalized spacial score (nSPS) is 14.7. The van der Waals surface area contributed by atoms with Gasteiger partial charge in [0.25, 0.3) is 0 Å². The molecule has 0 saturated carbocycles. The maximum Gasteiger partial charge on any atom is 0.187 e. The highest BCUT2D eigenvalue weighted by Gasteiger charge is 2.42. The van der Waals surface area contributed by atoms with E-state index in [9.17, 15) is 0 Å². The second-order valence-corrected chi connectivity index (χ2v) is 14.9. The summed E-state index contributed by atoms with van der Waals surface area (Å²) in [6.07, 6.45) is 0. The molecule has 2 aliphatic carbocycles. The summed E-state index contributed by atoms with van der Waals surface area (Å²) in [4.78, 5) is 5.94. The van der Waals surface area contributed by atoms with E-state index in [1.165, 1.54) is 55.3 Å². The summed E-state index contributed by atoms with van der Waals surface area (Å²) in [5.41, 5.74) is 15.8. The zero-order chi connectivity index (χ0) is 33.9. The highest BCUT2D eigenvalue weighted by atomic mass is 16.3. The van der Waals surface area contributed by atoms with Crippen LogP contribution in [0, 0.1) is 6.57 Å². The molecule has 238 valence electrons. The second kappa shape index (κ2) is 9.97. The standard InChI is InChI=1S/C47H34N2O/c1-46(2)39-24-29-12-7-6-11-28(29)23-36(39)38-27-41-37(26-42(38)46)33-22-21-32(25-40(33)47(41,3)4)49(31-19-17-30(48-5)18-20-31)43-15-10-14-35-34-13-8-9-16-44(34)50-45(35)43/h6-27H,1-4H3. The highest BCUT2D eigenvalue weighted by molar-refractivity contribution is 6.10. The van der Waals surface area contributed by atoms with Crippen LogP contribution in [0.2, 0.25) is 0 Å². The van der Waals surface area contributed by atoms with E-state index in [2.05, 4.69) is 135 Å². The minimum atomic E-state index is -0.218. The first-order chi connectivity index (χ1) is 24.2. The Morgan fingerprint density at radius 1 is 0.520 bits per heavy atom. The van der Waals surface area contributed by atoms with Gasteiger partial charge in [0.05, 0.1) is 12.3 Å². The molecule has 1 heterocycles. The molecule has 0 unspecified atom stereocenters. The summed E-state index contributed by atoms with van der Waals surface area (Å²) in [7, 11) is 0. The van der Waals surface area contributed by atoms with E-state index in [0.29, 0.717) is 5.69 Å². The van der Waals surface area contributed by atoms with Crippen molar-refractivity contribution in [2.75, 3.05) is 4.90 Å². The van der Waals surface area contributed by atoms with E-state index >= 15 is 0 Å². The Morgan fingerprint density at radius 3 is 1.84 bits per heavy atom. The van der Waals surface area contributed by atoms with Gasteiger partial charge < -0.3 is 9.32 Å². The fourth-order valence-corrected chi connectivity index (χ4v) is 8.79. The fourth-order valence-electron chi connectivity index (χ4n) is 8.79. The number of hydrogen-bond donors (Lipinski definition) is 0. The summed E-state index contributed by atoms with van der Waals surface area (Å²) < 4.78 is 6.57. The molecule has 3 nitrogen and oxygen atoms in total. The molecule has 1 aromatic heterocycles. The van der Waals surface area contributed by atoms with Crippen molar-refractivity contribution >= 4 is 55.5 Å². The highest BCUT2D eigenvalue weighted by Crippen LogP contribution is 2.57. The number of furan rings is 1. The van der Waals surface area contributed by atoms with Crippen LogP contribution in [0.3, 0.4) is 0 Å². The van der Waals surface area contributed by atoms with Crippen molar-refractivity contribution in [2.45, 2.75) is 38.5 Å². The smallest absolute Gasteiger partial charge is 0.187 e. The molecule has 10 rings (SSSR count). The molecule has 0 fully saturated rings. The molecule has 2 aliphatic rings. The third-order valence-corrected chi connectivity index (χ3v) is 11.4. The first kappa shape index (κ1) is 28.9. The summed E-state index contributed by atoms with van der Waals surface area (Å²) in [6, 6.07) is 47.9. The van der Waals surface area contributed by atoms with Crippen LogP contribution in [0.1, 0.15) is 49.9 Å². The van der Waals surface area contributed by atoms with Gasteiger partial charge in [-0.2, -0.15) is 0 Å². The van der Waals surface area contributed by atoms with Gasteiger partial charge in [0, 0.05) is 33.0 Å². The second-order valence-electron chi connectivity index (χ2n) is 14.9. The molecule has 0 bridgehead atoms. The minimum Gasteiger partial charge on any atom is -0.454 e. The lowest BCUT2D eigenvalue weighted by atomic mass is 9.79. The number of fused-ring (bicyclic) bond motifs is 10. The predicted octanol–water partition coefficient (Wildman–Crippen LogP) is 13.4. The molecule has 0 amide bonds. The SMILES string of the molecule is [C-]#[N+]c1ccc(N(c2ccc3c(c2)C(C)(C)c2cc4c(cc2-3)C(C)(C)c2cc3ccccc3cc2-4)c2cccc3c2oc2ccccc23)cc1. The van der Waals surface area contributed by atoms with Crippen molar-refractivity contribution in [1.29, 1.82) is 0 Å². The molecule has 3 heteroatoms. The Balaban J connectivity index is 1.16. The number of rotatable bonds is 3. The molecular formula is C47H34N2O. The van der Waals surface area contributed by atoms with Crippen molar-refractivity contribution in [1.82, 2.24) is 0 Å². The maximum absolute atomic E-state index is 7.56. The van der Waals surface area contributed by atoms with E-state index in [0.717, 1.165) is 39.0 Å². The number of benzene rings is 7. The van der Waals surface area contributed by atoms with Crippen molar-refractivity contribution in [2.24, 2.45) is 0 Å². The molecular weight excluding hydrogens is 609 g/mol. The van der Waals surface area contributed by atoms with Crippen molar-refractivity contribution in [3.63, 3.8) is 0 Å². The first-order valence-corrected chi connectivity index (χ1v) is 17.3. The number of hydrogen-bond acceptors (Lipinski definition) is 2. The van der Waals surface area contributed by atoms with Crippen LogP contribution in [0.4, 0.5) is 22.7 Å². The van der Waals surface area contributed by atoms with Gasteiger partial charge in [-0.05, 0) is 116 Å². The van der Waals surface area contributed by atoms with Gasteiger partial charge in [-0.1, -0.05) is 100 Å². The van der Waals surface area contributed by atoms with Gasteiger partial charge in [0.15, 0.2) is 11.3 Å². The summed E-state index contributed by atoms with van der Waals surface area (Å²) in [5, 5.41) is 4.76. The van der Waals surface area contributed by atoms with Crippen molar-refractivity contribution in [3.05, 3.63) is 167 Å². The van der Waals surface area contributed by atoms with E-state index in [1.54, 1.807) is 0 Å². The number of anilines is 3. The monoisotopic (exact) mass is 642 g/mol. The number of para-hydroxylation sites is 2. The van der Waals surface area contributed by atoms with E-state index < -0.39 is 0 Å². The lowest BCUT2D eigenvalue weighted by molar-refractivity contribution is 0.652. The molecule has 50 heavy (non-hydrogen) atoms. The Labute approximate surface area is 291 Å². The molecule has 7 aromatic carbocycles.